The summed E-state index contributed by atoms with van der Waals surface area (Å²) in [5.41, 5.74) is 13.4. The highest BCUT2D eigenvalue weighted by atomic mass is 16.5. The number of nitrogen functional groups attached to an aromatic ring is 1. The predicted molar refractivity (Wildman–Crippen MR) is 59.0 cm³/mol. The monoisotopic (exact) mass is 194 g/mol. The summed E-state index contributed by atoms with van der Waals surface area (Å²) in [7, 11) is 1.69. The van der Waals surface area contributed by atoms with E-state index in [2.05, 4.69) is 0 Å². The highest BCUT2D eigenvalue weighted by molar-refractivity contribution is 5.46. The van der Waals surface area contributed by atoms with Gasteiger partial charge in [0.2, 0.25) is 0 Å². The molecule has 0 aliphatic rings. The van der Waals surface area contributed by atoms with E-state index in [9.17, 15) is 0 Å². The topological polar surface area (TPSA) is 61.3 Å². The number of para-hydroxylation sites is 1. The first-order chi connectivity index (χ1) is 6.77. The molecular weight excluding hydrogens is 176 g/mol. The Morgan fingerprint density at radius 2 is 2.07 bits per heavy atom. The van der Waals surface area contributed by atoms with Crippen LogP contribution >= 0.6 is 0 Å². The number of nitrogens with two attached hydrogens (primary N) is 2. The van der Waals surface area contributed by atoms with Crippen LogP contribution in [0.4, 0.5) is 5.69 Å². The van der Waals surface area contributed by atoms with Crippen molar-refractivity contribution in [2.75, 3.05) is 19.4 Å². The lowest BCUT2D eigenvalue weighted by Crippen LogP contribution is -2.22. The number of anilines is 1. The van der Waals surface area contributed by atoms with Crippen molar-refractivity contribution in [1.29, 1.82) is 0 Å². The van der Waals surface area contributed by atoms with Crippen LogP contribution in [-0.4, -0.2) is 19.8 Å². The quantitative estimate of drug-likeness (QED) is 0.692. The Hall–Kier alpha value is -1.06. The van der Waals surface area contributed by atoms with Crippen molar-refractivity contribution in [2.24, 2.45) is 5.73 Å². The summed E-state index contributed by atoms with van der Waals surface area (Å²) in [6.07, 6.45) is 1.97. The van der Waals surface area contributed by atoms with Crippen molar-refractivity contribution in [3.05, 3.63) is 29.8 Å². The van der Waals surface area contributed by atoms with Gasteiger partial charge in [-0.15, -0.1) is 0 Å². The van der Waals surface area contributed by atoms with Gasteiger partial charge in [0, 0.05) is 19.3 Å². The third-order valence-corrected chi connectivity index (χ3v) is 2.39. The predicted octanol–water partition coefficient (Wildman–Crippen LogP) is 1.18. The summed E-state index contributed by atoms with van der Waals surface area (Å²) in [4.78, 5) is 0. The Bertz CT molecular complexity index is 272. The molecule has 1 rings (SSSR count). The highest BCUT2D eigenvalue weighted by Gasteiger charge is 2.05. The van der Waals surface area contributed by atoms with E-state index in [1.54, 1.807) is 7.11 Å². The summed E-state index contributed by atoms with van der Waals surface area (Å²) in [5, 5.41) is 0. The fourth-order valence-electron chi connectivity index (χ4n) is 1.41. The minimum atomic E-state index is 0.134. The minimum Gasteiger partial charge on any atom is -0.399 e. The second kappa shape index (κ2) is 5.62. The van der Waals surface area contributed by atoms with E-state index in [4.69, 9.17) is 16.2 Å². The molecule has 0 amide bonds. The van der Waals surface area contributed by atoms with Crippen LogP contribution < -0.4 is 11.5 Å². The van der Waals surface area contributed by atoms with Crippen molar-refractivity contribution in [3.63, 3.8) is 0 Å². The van der Waals surface area contributed by atoms with E-state index >= 15 is 0 Å². The van der Waals surface area contributed by atoms with Crippen molar-refractivity contribution >= 4 is 5.69 Å². The number of benzene rings is 1. The van der Waals surface area contributed by atoms with E-state index in [0.717, 1.165) is 18.5 Å². The third kappa shape index (κ3) is 3.01. The molecule has 78 valence electrons. The maximum absolute atomic E-state index is 5.82. The molecule has 3 nitrogen and oxygen atoms in total. The average Bonchev–Trinajstić information content (AvgIpc) is 2.22. The van der Waals surface area contributed by atoms with Gasteiger partial charge in [0.25, 0.3) is 0 Å². The fourth-order valence-corrected chi connectivity index (χ4v) is 1.41. The molecule has 4 N–H and O–H groups in total. The van der Waals surface area contributed by atoms with Crippen LogP contribution in [0.5, 0.6) is 0 Å². The van der Waals surface area contributed by atoms with E-state index in [1.807, 2.05) is 24.3 Å². The number of ether oxygens (including phenoxy) is 1. The second-order valence-corrected chi connectivity index (χ2v) is 3.33. The molecule has 0 spiro atoms. The Morgan fingerprint density at radius 1 is 1.36 bits per heavy atom. The molecule has 1 aromatic rings. The molecule has 1 unspecified atom stereocenters. The molecule has 1 aromatic carbocycles. The normalized spacial score (nSPS) is 12.7. The molecule has 0 fully saturated rings. The summed E-state index contributed by atoms with van der Waals surface area (Å²) in [6.45, 7) is 0.559. The lowest BCUT2D eigenvalue weighted by Gasteiger charge is -2.13. The van der Waals surface area contributed by atoms with Crippen molar-refractivity contribution in [2.45, 2.75) is 18.9 Å². The first-order valence-corrected chi connectivity index (χ1v) is 4.84. The Balaban J connectivity index is 2.49. The number of hydrogen-bond donors (Lipinski definition) is 2. The molecule has 3 heteroatoms. The van der Waals surface area contributed by atoms with Gasteiger partial charge in [0.15, 0.2) is 0 Å². The Morgan fingerprint density at radius 3 is 2.64 bits per heavy atom. The zero-order chi connectivity index (χ0) is 10.4. The maximum atomic E-state index is 5.82. The third-order valence-electron chi connectivity index (χ3n) is 2.39. The molecule has 0 saturated carbocycles. The van der Waals surface area contributed by atoms with Gasteiger partial charge in [-0.25, -0.2) is 0 Å². The van der Waals surface area contributed by atoms with Crippen LogP contribution in [-0.2, 0) is 11.2 Å². The minimum absolute atomic E-state index is 0.134. The lowest BCUT2D eigenvalue weighted by molar-refractivity contribution is 0.102. The van der Waals surface area contributed by atoms with Gasteiger partial charge in [0.05, 0.1) is 6.10 Å². The van der Waals surface area contributed by atoms with Gasteiger partial charge >= 0.3 is 0 Å². The molecule has 0 aliphatic carbocycles. The van der Waals surface area contributed by atoms with Gasteiger partial charge in [-0.3, -0.25) is 0 Å². The van der Waals surface area contributed by atoms with E-state index < -0.39 is 0 Å². The molecule has 0 heterocycles. The molecule has 0 radical (unpaired) electrons. The number of aryl methyl sites for hydroxylation is 1. The molecule has 1 atom stereocenters. The molecule has 0 bridgehead atoms. The summed E-state index contributed by atoms with van der Waals surface area (Å²) in [5.74, 6) is 0. The number of hydrogen-bond acceptors (Lipinski definition) is 3. The molecule has 0 aromatic heterocycles. The van der Waals surface area contributed by atoms with Crippen LogP contribution in [0, 0.1) is 0 Å². The smallest absolute Gasteiger partial charge is 0.0696 e. The second-order valence-electron chi connectivity index (χ2n) is 3.33. The summed E-state index contributed by atoms with van der Waals surface area (Å²) >= 11 is 0. The van der Waals surface area contributed by atoms with Gasteiger partial charge in [-0.1, -0.05) is 18.2 Å². The molecule has 14 heavy (non-hydrogen) atoms. The summed E-state index contributed by atoms with van der Waals surface area (Å²) < 4.78 is 5.20. The van der Waals surface area contributed by atoms with Crippen molar-refractivity contribution < 1.29 is 4.74 Å². The zero-order valence-electron chi connectivity index (χ0n) is 8.57. The molecular formula is C11H18N2O. The van der Waals surface area contributed by atoms with Crippen molar-refractivity contribution in [1.82, 2.24) is 0 Å². The average molecular weight is 194 g/mol. The van der Waals surface area contributed by atoms with E-state index in [-0.39, 0.29) is 6.10 Å². The van der Waals surface area contributed by atoms with Crippen LogP contribution in [0.3, 0.4) is 0 Å². The number of methoxy groups -OCH3 is 1. The van der Waals surface area contributed by atoms with Crippen LogP contribution in [0.15, 0.2) is 24.3 Å². The van der Waals surface area contributed by atoms with Gasteiger partial charge in [-0.05, 0) is 24.5 Å². The van der Waals surface area contributed by atoms with Gasteiger partial charge < -0.3 is 16.2 Å². The Labute approximate surface area is 85.0 Å². The molecule has 0 aliphatic heterocycles. The van der Waals surface area contributed by atoms with E-state index in [0.29, 0.717) is 6.54 Å². The Kier molecular flexibility index (Phi) is 4.43. The number of rotatable bonds is 5. The summed E-state index contributed by atoms with van der Waals surface area (Å²) in [6, 6.07) is 7.89. The first kappa shape index (κ1) is 11.0. The van der Waals surface area contributed by atoms with Gasteiger partial charge in [-0.2, -0.15) is 0 Å². The standard InChI is InChI=1S/C11H18N2O/c1-14-10(8-12)7-6-9-4-2-3-5-11(9)13/h2-5,10H,6-8,12-13H2,1H3. The SMILES string of the molecule is COC(CN)CCc1ccccc1N. The van der Waals surface area contributed by atoms with Crippen LogP contribution in [0.25, 0.3) is 0 Å². The molecule has 0 saturated heterocycles. The largest absolute Gasteiger partial charge is 0.399 e. The highest BCUT2D eigenvalue weighted by Crippen LogP contribution is 2.13. The van der Waals surface area contributed by atoms with Crippen LogP contribution in [0.1, 0.15) is 12.0 Å². The van der Waals surface area contributed by atoms with Gasteiger partial charge in [0.1, 0.15) is 0 Å². The lowest BCUT2D eigenvalue weighted by atomic mass is 10.1. The van der Waals surface area contributed by atoms with Crippen molar-refractivity contribution in [3.8, 4) is 0 Å². The van der Waals surface area contributed by atoms with Crippen LogP contribution in [0.2, 0.25) is 0 Å². The fraction of sp³-hybridized carbons (Fsp3) is 0.455. The van der Waals surface area contributed by atoms with E-state index in [1.165, 1.54) is 5.56 Å². The zero-order valence-corrected chi connectivity index (χ0v) is 8.57. The first-order valence-electron chi connectivity index (χ1n) is 4.84. The maximum Gasteiger partial charge on any atom is 0.0696 e.